The van der Waals surface area contributed by atoms with Crippen LogP contribution in [0, 0.1) is 0 Å². The molecule has 1 aliphatic heterocycles. The lowest BCUT2D eigenvalue weighted by atomic mass is 10.2. The van der Waals surface area contributed by atoms with Gasteiger partial charge in [-0.15, -0.1) is 0 Å². The van der Waals surface area contributed by atoms with Crippen molar-refractivity contribution in [1.82, 2.24) is 4.90 Å². The van der Waals surface area contributed by atoms with E-state index in [1.807, 2.05) is 36.4 Å². The van der Waals surface area contributed by atoms with Crippen LogP contribution in [-0.2, 0) is 9.59 Å². The summed E-state index contributed by atoms with van der Waals surface area (Å²) in [5.41, 5.74) is 1.04. The SMILES string of the molecule is O=C(O)CCN1C(=O)/C(=C/C=C/c2ccccc2)SC1=S. The molecule has 1 aliphatic rings. The maximum Gasteiger partial charge on any atom is 0.305 e. The average molecular weight is 319 g/mol. The summed E-state index contributed by atoms with van der Waals surface area (Å²) < 4.78 is 0.403. The molecule has 0 saturated carbocycles. The first-order chi connectivity index (χ1) is 10.1. The minimum atomic E-state index is -0.947. The zero-order valence-corrected chi connectivity index (χ0v) is 12.7. The molecule has 0 spiro atoms. The number of amides is 1. The van der Waals surface area contributed by atoms with E-state index in [1.165, 1.54) is 16.7 Å². The molecule has 1 amide bonds. The van der Waals surface area contributed by atoms with Gasteiger partial charge in [0.25, 0.3) is 5.91 Å². The number of carboxylic acids is 1. The number of allylic oxidation sites excluding steroid dienone is 2. The number of carboxylic acid groups (broad SMARTS) is 1. The molecule has 1 aromatic rings. The van der Waals surface area contributed by atoms with Gasteiger partial charge in [-0.3, -0.25) is 14.5 Å². The first kappa shape index (κ1) is 15.5. The lowest BCUT2D eigenvalue weighted by Gasteiger charge is -2.12. The minimum absolute atomic E-state index is 0.111. The van der Waals surface area contributed by atoms with Gasteiger partial charge in [-0.2, -0.15) is 0 Å². The van der Waals surface area contributed by atoms with E-state index in [0.717, 1.165) is 5.56 Å². The Morgan fingerprint density at radius 3 is 2.71 bits per heavy atom. The van der Waals surface area contributed by atoms with Crippen molar-refractivity contribution in [3.05, 3.63) is 53.0 Å². The molecular formula is C15H13NO3S2. The monoisotopic (exact) mass is 319 g/mol. The van der Waals surface area contributed by atoms with Crippen LogP contribution in [0.3, 0.4) is 0 Å². The van der Waals surface area contributed by atoms with Gasteiger partial charge < -0.3 is 5.11 Å². The maximum absolute atomic E-state index is 12.1. The molecule has 0 aliphatic carbocycles. The lowest BCUT2D eigenvalue weighted by molar-refractivity contribution is -0.137. The van der Waals surface area contributed by atoms with Crippen molar-refractivity contribution in [2.24, 2.45) is 0 Å². The van der Waals surface area contributed by atoms with Crippen molar-refractivity contribution in [2.75, 3.05) is 6.54 Å². The molecule has 0 atom stereocenters. The van der Waals surface area contributed by atoms with Crippen LogP contribution in [0.5, 0.6) is 0 Å². The summed E-state index contributed by atoms with van der Waals surface area (Å²) in [4.78, 5) is 24.5. The topological polar surface area (TPSA) is 57.6 Å². The summed E-state index contributed by atoms with van der Waals surface area (Å²) in [5.74, 6) is -1.18. The maximum atomic E-state index is 12.1. The number of benzene rings is 1. The molecule has 2 rings (SSSR count). The predicted molar refractivity (Wildman–Crippen MR) is 87.7 cm³/mol. The molecule has 1 heterocycles. The fourth-order valence-electron chi connectivity index (χ4n) is 1.73. The summed E-state index contributed by atoms with van der Waals surface area (Å²) in [5, 5.41) is 8.67. The second kappa shape index (κ2) is 7.19. The smallest absolute Gasteiger partial charge is 0.305 e. The van der Waals surface area contributed by atoms with Crippen molar-refractivity contribution in [3.63, 3.8) is 0 Å². The van der Waals surface area contributed by atoms with Crippen LogP contribution in [0.4, 0.5) is 0 Å². The number of rotatable bonds is 5. The first-order valence-electron chi connectivity index (χ1n) is 6.27. The molecule has 0 radical (unpaired) electrons. The average Bonchev–Trinajstić information content (AvgIpc) is 2.72. The van der Waals surface area contributed by atoms with Crippen LogP contribution < -0.4 is 0 Å². The number of aliphatic carboxylic acids is 1. The zero-order chi connectivity index (χ0) is 15.2. The molecule has 0 aromatic heterocycles. The summed E-state index contributed by atoms with van der Waals surface area (Å²) in [6.07, 6.45) is 5.27. The highest BCUT2D eigenvalue weighted by Gasteiger charge is 2.31. The molecule has 108 valence electrons. The van der Waals surface area contributed by atoms with E-state index in [1.54, 1.807) is 12.2 Å². The second-order valence-electron chi connectivity index (χ2n) is 4.27. The van der Waals surface area contributed by atoms with E-state index in [0.29, 0.717) is 9.23 Å². The number of carbonyl (C=O) groups excluding carboxylic acids is 1. The molecule has 0 unspecified atom stereocenters. The zero-order valence-electron chi connectivity index (χ0n) is 11.1. The van der Waals surface area contributed by atoms with E-state index in [-0.39, 0.29) is 18.9 Å². The molecule has 4 nitrogen and oxygen atoms in total. The van der Waals surface area contributed by atoms with Gasteiger partial charge >= 0.3 is 5.97 Å². The number of thiocarbonyl (C=S) groups is 1. The highest BCUT2D eigenvalue weighted by atomic mass is 32.2. The molecule has 1 saturated heterocycles. The molecular weight excluding hydrogens is 306 g/mol. The van der Waals surface area contributed by atoms with Crippen LogP contribution in [0.1, 0.15) is 12.0 Å². The van der Waals surface area contributed by atoms with Gasteiger partial charge in [0.1, 0.15) is 4.32 Å². The Balaban J connectivity index is 2.03. The Kier molecular flexibility index (Phi) is 5.30. The lowest BCUT2D eigenvalue weighted by Crippen LogP contribution is -2.30. The van der Waals surface area contributed by atoms with Gasteiger partial charge in [0.05, 0.1) is 11.3 Å². The quantitative estimate of drug-likeness (QED) is 0.668. The number of hydrogen-bond acceptors (Lipinski definition) is 4. The third kappa shape index (κ3) is 4.27. The highest BCUT2D eigenvalue weighted by Crippen LogP contribution is 2.31. The number of carbonyl (C=O) groups is 2. The summed E-state index contributed by atoms with van der Waals surface area (Å²) in [6, 6.07) is 9.73. The number of hydrogen-bond donors (Lipinski definition) is 1. The fourth-order valence-corrected chi connectivity index (χ4v) is 2.99. The molecule has 6 heteroatoms. The van der Waals surface area contributed by atoms with E-state index in [4.69, 9.17) is 17.3 Å². The van der Waals surface area contributed by atoms with Gasteiger partial charge in [-0.25, -0.2) is 0 Å². The van der Waals surface area contributed by atoms with Crippen LogP contribution in [0.2, 0.25) is 0 Å². The van der Waals surface area contributed by atoms with E-state index in [2.05, 4.69) is 0 Å². The molecule has 0 bridgehead atoms. The van der Waals surface area contributed by atoms with E-state index < -0.39 is 5.97 Å². The Morgan fingerprint density at radius 2 is 2.05 bits per heavy atom. The Labute approximate surface area is 132 Å². The largest absolute Gasteiger partial charge is 0.481 e. The Bertz CT molecular complexity index is 623. The van der Waals surface area contributed by atoms with Crippen molar-refractivity contribution in [2.45, 2.75) is 6.42 Å². The van der Waals surface area contributed by atoms with Gasteiger partial charge in [-0.05, 0) is 11.6 Å². The van der Waals surface area contributed by atoms with E-state index >= 15 is 0 Å². The Hall–Kier alpha value is -1.92. The predicted octanol–water partition coefficient (Wildman–Crippen LogP) is 2.92. The summed E-state index contributed by atoms with van der Waals surface area (Å²) in [6.45, 7) is 0.111. The number of nitrogens with zero attached hydrogens (tertiary/aromatic N) is 1. The first-order valence-corrected chi connectivity index (χ1v) is 7.49. The third-order valence-corrected chi connectivity index (χ3v) is 4.15. The summed E-state index contributed by atoms with van der Waals surface area (Å²) in [7, 11) is 0. The van der Waals surface area contributed by atoms with Gasteiger partial charge in [-0.1, -0.05) is 66.5 Å². The van der Waals surface area contributed by atoms with Crippen LogP contribution >= 0.6 is 24.0 Å². The van der Waals surface area contributed by atoms with Crippen molar-refractivity contribution in [1.29, 1.82) is 0 Å². The normalized spacial score (nSPS) is 17.1. The van der Waals surface area contributed by atoms with Crippen LogP contribution in [0.25, 0.3) is 6.08 Å². The molecule has 1 fully saturated rings. The second-order valence-corrected chi connectivity index (χ2v) is 5.94. The Morgan fingerprint density at radius 1 is 1.33 bits per heavy atom. The van der Waals surface area contributed by atoms with E-state index in [9.17, 15) is 9.59 Å². The fraction of sp³-hybridized carbons (Fsp3) is 0.133. The minimum Gasteiger partial charge on any atom is -0.481 e. The molecule has 1 N–H and O–H groups in total. The summed E-state index contributed by atoms with van der Waals surface area (Å²) >= 11 is 6.29. The van der Waals surface area contributed by atoms with Gasteiger partial charge in [0.2, 0.25) is 0 Å². The third-order valence-electron chi connectivity index (χ3n) is 2.76. The van der Waals surface area contributed by atoms with Crippen LogP contribution in [-0.4, -0.2) is 32.7 Å². The highest BCUT2D eigenvalue weighted by molar-refractivity contribution is 8.26. The van der Waals surface area contributed by atoms with Crippen molar-refractivity contribution < 1.29 is 14.7 Å². The standard InChI is InChI=1S/C15H13NO3S2/c17-13(18)9-10-16-14(19)12(21-15(16)20)8-4-7-11-5-2-1-3-6-11/h1-8H,9-10H2,(H,17,18)/b7-4+,12-8-. The van der Waals surface area contributed by atoms with Gasteiger partial charge in [0.15, 0.2) is 0 Å². The van der Waals surface area contributed by atoms with Crippen LogP contribution in [0.15, 0.2) is 47.4 Å². The van der Waals surface area contributed by atoms with Crippen molar-refractivity contribution in [3.8, 4) is 0 Å². The molecule has 1 aromatic carbocycles. The molecule has 21 heavy (non-hydrogen) atoms. The van der Waals surface area contributed by atoms with Gasteiger partial charge in [0, 0.05) is 6.54 Å². The number of thioether (sulfide) groups is 1. The van der Waals surface area contributed by atoms with Crippen molar-refractivity contribution >= 4 is 46.3 Å².